The minimum absolute atomic E-state index is 0.00860. The fraction of sp³-hybridized carbons (Fsp3) is 0.667. The largest absolute Gasteiger partial charge is 0.458 e. The Kier molecular flexibility index (Phi) is 21.4. The van der Waals surface area contributed by atoms with Crippen LogP contribution in [0.3, 0.4) is 0 Å². The number of non-ortho nitro benzene ring substituents is 1. The molecule has 1 aromatic carbocycles. The first-order chi connectivity index (χ1) is 31.9. The fourth-order valence-electron chi connectivity index (χ4n) is 8.26. The standard InChI is InChI=1S/C48H75N9O11/c1-12-27(6)39-48(65)68-31(10)40(50-30(9)34(21-22-38(49)58)51-42(59)29(8)14-3)45(62)53-36(24-26(4)5)43(60)52-35-16-15-23-56(46(35)63)41(28(7)13-2)47(64)55(11)37(44(61)54-39)25-32-17-19-33(20-18-32)57(66)67/h17-20,26-29,31,34-37,39-41,50H,9,12-16,21-25H2,1-8,10-11H3,(H2,49,58)(H,51,59)(H,52,60)(H,53,62)(H,54,61)/t27?,28?,29?,31-,34+,35?,36+,37+,39+,40?,41+/m1/s1. The number of hydrogen-bond acceptors (Lipinski definition) is 12. The zero-order valence-electron chi connectivity index (χ0n) is 41.4. The summed E-state index contributed by atoms with van der Waals surface area (Å²) in [6, 6.07) is -2.89. The maximum Gasteiger partial charge on any atom is 0.329 e. The molecule has 0 aromatic heterocycles. The van der Waals surface area contributed by atoms with E-state index in [0.717, 1.165) is 0 Å². The van der Waals surface area contributed by atoms with Crippen LogP contribution in [0, 0.1) is 33.8 Å². The van der Waals surface area contributed by atoms with E-state index in [2.05, 4.69) is 33.2 Å². The highest BCUT2D eigenvalue weighted by Crippen LogP contribution is 2.26. The summed E-state index contributed by atoms with van der Waals surface area (Å²) in [5.74, 6) is -6.76. The van der Waals surface area contributed by atoms with Crippen molar-refractivity contribution < 1.29 is 48.0 Å². The number of cyclic esters (lactones) is 1. The minimum atomic E-state index is -1.48. The quantitative estimate of drug-likeness (QED) is 0.0704. The van der Waals surface area contributed by atoms with Crippen LogP contribution in [0.4, 0.5) is 5.69 Å². The second kappa shape index (κ2) is 25.9. The molecule has 5 unspecified atom stereocenters. The van der Waals surface area contributed by atoms with Gasteiger partial charge >= 0.3 is 5.97 Å². The van der Waals surface area contributed by atoms with E-state index in [9.17, 15) is 48.5 Å². The Balaban J connectivity index is 2.25. The highest BCUT2D eigenvalue weighted by molar-refractivity contribution is 5.97. The van der Waals surface area contributed by atoms with Gasteiger partial charge in [0.2, 0.25) is 41.4 Å². The third-order valence-corrected chi connectivity index (χ3v) is 13.2. The molecule has 0 aliphatic carbocycles. The lowest BCUT2D eigenvalue weighted by Gasteiger charge is -2.42. The number of amides is 7. The van der Waals surface area contributed by atoms with Crippen LogP contribution >= 0.6 is 0 Å². The molecule has 2 bridgehead atoms. The molecular formula is C48H75N9O11. The van der Waals surface area contributed by atoms with Crippen LogP contribution in [0.5, 0.6) is 0 Å². The predicted molar refractivity (Wildman–Crippen MR) is 254 cm³/mol. The molecule has 0 spiro atoms. The lowest BCUT2D eigenvalue weighted by Crippen LogP contribution is -2.63. The SMILES string of the molecule is C=C(NC1C(=O)N[C@@H](CC(C)C)C(=O)NC2CCCN(C2=O)[C@@H](C(C)CC)C(=O)N(C)[C@@H](Cc2ccc([N+](=O)[O-])cc2)C(=O)N[C@@H](C(C)CC)C(=O)O[C@@H]1C)[C@H](CCC(N)=O)NC(=O)C(C)CC. The Hall–Kier alpha value is -6.08. The molecule has 20 nitrogen and oxygen atoms in total. The maximum atomic E-state index is 14.9. The number of ether oxygens (including phenoxy) is 1. The maximum absolute atomic E-state index is 14.9. The van der Waals surface area contributed by atoms with Gasteiger partial charge in [0, 0.05) is 50.2 Å². The molecule has 2 aliphatic heterocycles. The number of carbonyl (C=O) groups is 8. The van der Waals surface area contributed by atoms with Crippen LogP contribution in [0.15, 0.2) is 36.5 Å². The van der Waals surface area contributed by atoms with Gasteiger partial charge < -0.3 is 46.9 Å². The van der Waals surface area contributed by atoms with Gasteiger partial charge in [-0.25, -0.2) is 4.79 Å². The normalized spacial score (nSPS) is 25.2. The number of hydrogen-bond donors (Lipinski definition) is 6. The Morgan fingerprint density at radius 3 is 2.10 bits per heavy atom. The number of benzene rings is 1. The molecule has 7 N–H and O–H groups in total. The molecule has 7 amide bonds. The third kappa shape index (κ3) is 15.2. The number of carbonyl (C=O) groups excluding carboxylic acids is 8. The van der Waals surface area contributed by atoms with E-state index >= 15 is 0 Å². The average Bonchev–Trinajstić information content (AvgIpc) is 3.29. The summed E-state index contributed by atoms with van der Waals surface area (Å²) in [5, 5.41) is 25.8. The second-order valence-corrected chi connectivity index (χ2v) is 18.9. The zero-order valence-corrected chi connectivity index (χ0v) is 41.4. The highest BCUT2D eigenvalue weighted by atomic mass is 16.6. The Labute approximate surface area is 400 Å². The smallest absolute Gasteiger partial charge is 0.329 e. The van der Waals surface area contributed by atoms with E-state index in [1.807, 2.05) is 34.6 Å². The van der Waals surface area contributed by atoms with Gasteiger partial charge in [-0.05, 0) is 62.3 Å². The number of piperidine rings is 1. The van der Waals surface area contributed by atoms with E-state index in [1.54, 1.807) is 20.8 Å². The number of likely N-dealkylation sites (N-methyl/N-ethyl adjacent to an activating group) is 1. The van der Waals surface area contributed by atoms with Gasteiger partial charge in [-0.1, -0.05) is 86.9 Å². The van der Waals surface area contributed by atoms with Crippen molar-refractivity contribution in [3.05, 3.63) is 52.2 Å². The Morgan fingerprint density at radius 2 is 1.54 bits per heavy atom. The van der Waals surface area contributed by atoms with Gasteiger partial charge in [0.05, 0.1) is 11.0 Å². The lowest BCUT2D eigenvalue weighted by atomic mass is 9.91. The molecule has 2 saturated heterocycles. The van der Waals surface area contributed by atoms with Gasteiger partial charge in [0.25, 0.3) is 5.69 Å². The summed E-state index contributed by atoms with van der Waals surface area (Å²) in [4.78, 5) is 126. The molecule has 3 rings (SSSR count). The molecular weight excluding hydrogens is 879 g/mol. The van der Waals surface area contributed by atoms with Crippen LogP contribution in [0.1, 0.15) is 119 Å². The Morgan fingerprint density at radius 1 is 0.912 bits per heavy atom. The molecule has 20 heteroatoms. The van der Waals surface area contributed by atoms with Gasteiger partial charge in [0.1, 0.15) is 42.4 Å². The summed E-state index contributed by atoms with van der Waals surface area (Å²) in [6.45, 7) is 20.2. The number of nitrogens with zero attached hydrogens (tertiary/aromatic N) is 3. The third-order valence-electron chi connectivity index (χ3n) is 13.2. The number of primary amides is 1. The number of nitro groups is 1. The summed E-state index contributed by atoms with van der Waals surface area (Å²) in [6.07, 6.45) is 0.504. The van der Waals surface area contributed by atoms with E-state index in [0.29, 0.717) is 31.2 Å². The van der Waals surface area contributed by atoms with Crippen molar-refractivity contribution in [1.29, 1.82) is 0 Å². The molecule has 11 atom stereocenters. The Bertz CT molecular complexity index is 2000. The van der Waals surface area contributed by atoms with E-state index in [4.69, 9.17) is 10.5 Å². The van der Waals surface area contributed by atoms with Gasteiger partial charge in [-0.3, -0.25) is 43.7 Å². The summed E-state index contributed by atoms with van der Waals surface area (Å²) < 4.78 is 6.04. The topological polar surface area (TPSA) is 282 Å². The lowest BCUT2D eigenvalue weighted by molar-refractivity contribution is -0.384. The first kappa shape index (κ1) is 56.2. The molecule has 1 aromatic rings. The predicted octanol–water partition coefficient (Wildman–Crippen LogP) is 2.76. The van der Waals surface area contributed by atoms with Crippen LogP contribution in [-0.4, -0.2) is 124 Å². The monoisotopic (exact) mass is 954 g/mol. The van der Waals surface area contributed by atoms with Crippen molar-refractivity contribution in [3.8, 4) is 0 Å². The first-order valence-corrected chi connectivity index (χ1v) is 23.9. The second-order valence-electron chi connectivity index (χ2n) is 18.9. The number of esters is 1. The van der Waals surface area contributed by atoms with Crippen molar-refractivity contribution in [3.63, 3.8) is 0 Å². The van der Waals surface area contributed by atoms with E-state index < -0.39 is 112 Å². The molecule has 68 heavy (non-hydrogen) atoms. The number of nitro benzene ring substituents is 1. The minimum Gasteiger partial charge on any atom is -0.458 e. The van der Waals surface area contributed by atoms with Crippen LogP contribution in [-0.2, 0) is 49.5 Å². The van der Waals surface area contributed by atoms with Gasteiger partial charge in [-0.15, -0.1) is 0 Å². The van der Waals surface area contributed by atoms with E-state index in [-0.39, 0.29) is 61.9 Å². The van der Waals surface area contributed by atoms with Crippen molar-refractivity contribution in [2.45, 2.75) is 168 Å². The molecule has 0 saturated carbocycles. The van der Waals surface area contributed by atoms with Crippen molar-refractivity contribution in [2.75, 3.05) is 13.6 Å². The zero-order chi connectivity index (χ0) is 51.2. The molecule has 2 heterocycles. The van der Waals surface area contributed by atoms with Crippen LogP contribution in [0.25, 0.3) is 0 Å². The molecule has 2 aliphatic rings. The average molecular weight is 954 g/mol. The summed E-state index contributed by atoms with van der Waals surface area (Å²) >= 11 is 0. The summed E-state index contributed by atoms with van der Waals surface area (Å²) in [7, 11) is 1.43. The van der Waals surface area contributed by atoms with Gasteiger partial charge in [-0.2, -0.15) is 0 Å². The molecule has 0 radical (unpaired) electrons. The number of fused-ring (bicyclic) bond motifs is 2. The number of nitrogens with two attached hydrogens (primary N) is 1. The molecule has 378 valence electrons. The van der Waals surface area contributed by atoms with Gasteiger partial charge in [0.15, 0.2) is 0 Å². The number of nitrogens with one attached hydrogen (secondary N) is 5. The van der Waals surface area contributed by atoms with Crippen LogP contribution < -0.4 is 32.3 Å². The fourth-order valence-corrected chi connectivity index (χ4v) is 8.26. The summed E-state index contributed by atoms with van der Waals surface area (Å²) in [5.41, 5.74) is 5.84. The first-order valence-electron chi connectivity index (χ1n) is 23.9. The highest BCUT2D eigenvalue weighted by Gasteiger charge is 2.44. The number of rotatable bonds is 18. The molecule has 2 fully saturated rings. The van der Waals surface area contributed by atoms with Crippen molar-refractivity contribution in [1.82, 2.24) is 36.4 Å². The van der Waals surface area contributed by atoms with Crippen molar-refractivity contribution >= 4 is 53.0 Å². The van der Waals surface area contributed by atoms with E-state index in [1.165, 1.54) is 48.0 Å². The van der Waals surface area contributed by atoms with Crippen molar-refractivity contribution in [2.24, 2.45) is 29.4 Å². The van der Waals surface area contributed by atoms with Crippen LogP contribution in [0.2, 0.25) is 0 Å².